The van der Waals surface area contributed by atoms with E-state index in [4.69, 9.17) is 5.73 Å². The summed E-state index contributed by atoms with van der Waals surface area (Å²) in [7, 11) is 1.79. The van der Waals surface area contributed by atoms with E-state index in [-0.39, 0.29) is 19.1 Å². The van der Waals surface area contributed by atoms with Crippen molar-refractivity contribution in [2.45, 2.75) is 44.8 Å². The molecular formula is C12H23F3N2. The van der Waals surface area contributed by atoms with Gasteiger partial charge in [0.05, 0.1) is 5.92 Å². The van der Waals surface area contributed by atoms with Gasteiger partial charge in [-0.05, 0) is 25.8 Å². The molecule has 1 aliphatic rings. The predicted molar refractivity (Wildman–Crippen MR) is 62.6 cm³/mol. The van der Waals surface area contributed by atoms with Crippen LogP contribution in [0.2, 0.25) is 0 Å². The molecule has 1 rings (SSSR count). The van der Waals surface area contributed by atoms with Gasteiger partial charge in [-0.25, -0.2) is 0 Å². The maximum absolute atomic E-state index is 12.6. The minimum atomic E-state index is -4.18. The second-order valence-electron chi connectivity index (χ2n) is 5.34. The Morgan fingerprint density at radius 1 is 1.35 bits per heavy atom. The van der Waals surface area contributed by atoms with Gasteiger partial charge in [-0.15, -0.1) is 0 Å². The van der Waals surface area contributed by atoms with E-state index in [2.05, 4.69) is 6.92 Å². The summed E-state index contributed by atoms with van der Waals surface area (Å²) in [5.74, 6) is -0.775. The molecule has 5 heteroatoms. The van der Waals surface area contributed by atoms with Crippen molar-refractivity contribution in [1.82, 2.24) is 4.90 Å². The largest absolute Gasteiger partial charge is 0.394 e. The van der Waals surface area contributed by atoms with Crippen LogP contribution in [0.15, 0.2) is 0 Å². The highest BCUT2D eigenvalue weighted by molar-refractivity contribution is 4.80. The molecule has 0 spiro atoms. The molecule has 2 N–H and O–H groups in total. The zero-order chi connectivity index (χ0) is 13.1. The van der Waals surface area contributed by atoms with Gasteiger partial charge >= 0.3 is 6.18 Å². The zero-order valence-corrected chi connectivity index (χ0v) is 10.6. The van der Waals surface area contributed by atoms with Crippen LogP contribution in [0.4, 0.5) is 13.2 Å². The summed E-state index contributed by atoms with van der Waals surface area (Å²) in [5, 5.41) is 0. The molecule has 1 aliphatic carbocycles. The highest BCUT2D eigenvalue weighted by atomic mass is 19.4. The highest BCUT2D eigenvalue weighted by Crippen LogP contribution is 2.30. The minimum Gasteiger partial charge on any atom is -0.330 e. The monoisotopic (exact) mass is 252 g/mol. The Kier molecular flexibility index (Phi) is 5.25. The summed E-state index contributed by atoms with van der Waals surface area (Å²) in [6, 6.07) is 0.287. The number of rotatable bonds is 4. The molecule has 0 heterocycles. The Morgan fingerprint density at radius 3 is 2.47 bits per heavy atom. The second kappa shape index (κ2) is 6.05. The lowest BCUT2D eigenvalue weighted by molar-refractivity contribution is -0.177. The van der Waals surface area contributed by atoms with Crippen LogP contribution < -0.4 is 5.73 Å². The first-order chi connectivity index (χ1) is 7.84. The molecule has 1 saturated carbocycles. The van der Waals surface area contributed by atoms with Gasteiger partial charge < -0.3 is 10.6 Å². The molecule has 1 fully saturated rings. The number of alkyl halides is 3. The summed E-state index contributed by atoms with van der Waals surface area (Å²) in [4.78, 5) is 1.85. The van der Waals surface area contributed by atoms with Crippen LogP contribution in [0.25, 0.3) is 0 Å². The van der Waals surface area contributed by atoms with Crippen LogP contribution in [0.5, 0.6) is 0 Å². The summed E-state index contributed by atoms with van der Waals surface area (Å²) in [6.07, 6.45) is 0.157. The van der Waals surface area contributed by atoms with Crippen molar-refractivity contribution < 1.29 is 13.2 Å². The molecule has 0 aromatic rings. The molecule has 0 amide bonds. The van der Waals surface area contributed by atoms with Crippen LogP contribution in [-0.4, -0.2) is 37.3 Å². The number of hydrogen-bond acceptors (Lipinski definition) is 2. The van der Waals surface area contributed by atoms with E-state index in [9.17, 15) is 13.2 Å². The molecular weight excluding hydrogens is 229 g/mol. The minimum absolute atomic E-state index is 0.0252. The maximum atomic E-state index is 12.6. The average Bonchev–Trinajstić information content (AvgIpc) is 2.23. The quantitative estimate of drug-likeness (QED) is 0.833. The van der Waals surface area contributed by atoms with Crippen molar-refractivity contribution in [3.63, 3.8) is 0 Å². The molecule has 3 atom stereocenters. The summed E-state index contributed by atoms with van der Waals surface area (Å²) >= 11 is 0. The van der Waals surface area contributed by atoms with E-state index in [0.29, 0.717) is 5.92 Å². The third-order valence-electron chi connectivity index (χ3n) is 3.79. The number of nitrogens with zero attached hydrogens (tertiary/aromatic N) is 1. The Bertz CT molecular complexity index is 230. The van der Waals surface area contributed by atoms with Gasteiger partial charge in [0.1, 0.15) is 0 Å². The van der Waals surface area contributed by atoms with E-state index in [1.54, 1.807) is 7.05 Å². The van der Waals surface area contributed by atoms with Gasteiger partial charge in [0.25, 0.3) is 0 Å². The van der Waals surface area contributed by atoms with Crippen molar-refractivity contribution in [2.75, 3.05) is 20.1 Å². The number of nitrogens with two attached hydrogens (primary N) is 1. The third kappa shape index (κ3) is 4.47. The van der Waals surface area contributed by atoms with Gasteiger partial charge in [0.2, 0.25) is 0 Å². The van der Waals surface area contributed by atoms with E-state index in [1.807, 2.05) is 4.90 Å². The molecule has 0 saturated heterocycles. The van der Waals surface area contributed by atoms with Crippen molar-refractivity contribution in [3.8, 4) is 0 Å². The van der Waals surface area contributed by atoms with Gasteiger partial charge in [0, 0.05) is 19.1 Å². The summed E-state index contributed by atoms with van der Waals surface area (Å²) in [5.41, 5.74) is 5.22. The fourth-order valence-corrected chi connectivity index (χ4v) is 2.61. The SMILES string of the molecule is CC1CCCC(N(C)CC(CN)C(F)(F)F)C1. The van der Waals surface area contributed by atoms with E-state index in [1.165, 1.54) is 6.42 Å². The molecule has 0 bridgehead atoms. The van der Waals surface area contributed by atoms with Gasteiger partial charge in [-0.2, -0.15) is 13.2 Å². The molecule has 0 aliphatic heterocycles. The fraction of sp³-hybridized carbons (Fsp3) is 1.00. The lowest BCUT2D eigenvalue weighted by Gasteiger charge is -2.36. The molecule has 3 unspecified atom stereocenters. The fourth-order valence-electron chi connectivity index (χ4n) is 2.61. The summed E-state index contributed by atoms with van der Waals surface area (Å²) in [6.45, 7) is 1.87. The molecule has 0 aromatic heterocycles. The van der Waals surface area contributed by atoms with Crippen LogP contribution in [0, 0.1) is 11.8 Å². The van der Waals surface area contributed by atoms with Crippen molar-refractivity contribution in [2.24, 2.45) is 17.6 Å². The van der Waals surface area contributed by atoms with E-state index < -0.39 is 12.1 Å². The normalized spacial score (nSPS) is 28.4. The molecule has 0 radical (unpaired) electrons. The van der Waals surface area contributed by atoms with Crippen molar-refractivity contribution in [3.05, 3.63) is 0 Å². The zero-order valence-electron chi connectivity index (χ0n) is 10.6. The van der Waals surface area contributed by atoms with Crippen LogP contribution in [-0.2, 0) is 0 Å². The Balaban J connectivity index is 2.49. The van der Waals surface area contributed by atoms with Gasteiger partial charge in [0.15, 0.2) is 0 Å². The highest BCUT2D eigenvalue weighted by Gasteiger charge is 2.40. The maximum Gasteiger partial charge on any atom is 0.394 e. The first-order valence-electron chi connectivity index (χ1n) is 6.31. The first-order valence-corrected chi connectivity index (χ1v) is 6.31. The van der Waals surface area contributed by atoms with Crippen LogP contribution >= 0.6 is 0 Å². The van der Waals surface area contributed by atoms with E-state index in [0.717, 1.165) is 19.3 Å². The lowest BCUT2D eigenvalue weighted by Crippen LogP contribution is -2.44. The Hall–Kier alpha value is -0.290. The first kappa shape index (κ1) is 14.8. The van der Waals surface area contributed by atoms with E-state index >= 15 is 0 Å². The van der Waals surface area contributed by atoms with Gasteiger partial charge in [-0.1, -0.05) is 19.8 Å². The smallest absolute Gasteiger partial charge is 0.330 e. The molecule has 0 aromatic carbocycles. The third-order valence-corrected chi connectivity index (χ3v) is 3.79. The predicted octanol–water partition coefficient (Wildman–Crippen LogP) is 2.63. The van der Waals surface area contributed by atoms with Crippen molar-refractivity contribution in [1.29, 1.82) is 0 Å². The summed E-state index contributed by atoms with van der Waals surface area (Å²) < 4.78 is 37.9. The molecule has 17 heavy (non-hydrogen) atoms. The Morgan fingerprint density at radius 2 is 2.00 bits per heavy atom. The van der Waals surface area contributed by atoms with Crippen LogP contribution in [0.1, 0.15) is 32.6 Å². The topological polar surface area (TPSA) is 29.3 Å². The lowest BCUT2D eigenvalue weighted by atomic mass is 9.86. The molecule has 102 valence electrons. The Labute approximate surface area is 101 Å². The van der Waals surface area contributed by atoms with Gasteiger partial charge in [-0.3, -0.25) is 0 Å². The number of halogens is 3. The molecule has 2 nitrogen and oxygen atoms in total. The van der Waals surface area contributed by atoms with Crippen molar-refractivity contribution >= 4 is 0 Å². The standard InChI is InChI=1S/C12H23F3N2/c1-9-4-3-5-11(6-9)17(2)8-10(7-16)12(13,14)15/h9-11H,3-8,16H2,1-2H3. The van der Waals surface area contributed by atoms with Crippen LogP contribution in [0.3, 0.4) is 0 Å². The second-order valence-corrected chi connectivity index (χ2v) is 5.34. The number of hydrogen-bond donors (Lipinski definition) is 1. The average molecular weight is 252 g/mol.